The van der Waals surface area contributed by atoms with E-state index in [9.17, 15) is 13.2 Å². The van der Waals surface area contributed by atoms with E-state index >= 15 is 0 Å². The molecule has 1 aliphatic rings. The smallest absolute Gasteiger partial charge is 0.416 e. The highest BCUT2D eigenvalue weighted by Crippen LogP contribution is 2.33. The molecule has 0 N–H and O–H groups in total. The Morgan fingerprint density at radius 2 is 2.05 bits per heavy atom. The van der Waals surface area contributed by atoms with Gasteiger partial charge in [-0.25, -0.2) is 4.99 Å². The zero-order chi connectivity index (χ0) is 14.2. The fourth-order valence-corrected chi connectivity index (χ4v) is 2.16. The van der Waals surface area contributed by atoms with Gasteiger partial charge >= 0.3 is 6.18 Å². The molecule has 19 heavy (non-hydrogen) atoms. The number of ether oxygens (including phenoxy) is 1. The molecule has 0 aliphatic carbocycles. The van der Waals surface area contributed by atoms with Gasteiger partial charge in [-0.1, -0.05) is 13.8 Å². The lowest BCUT2D eigenvalue weighted by Gasteiger charge is -2.10. The topological polar surface area (TPSA) is 21.6 Å². The van der Waals surface area contributed by atoms with Gasteiger partial charge in [0.05, 0.1) is 17.2 Å². The predicted octanol–water partition coefficient (Wildman–Crippen LogP) is 4.27. The van der Waals surface area contributed by atoms with Gasteiger partial charge in [0.25, 0.3) is 0 Å². The first-order chi connectivity index (χ1) is 8.79. The quantitative estimate of drug-likeness (QED) is 0.790. The van der Waals surface area contributed by atoms with Crippen LogP contribution in [0, 0.1) is 5.92 Å². The molecule has 1 aromatic carbocycles. The summed E-state index contributed by atoms with van der Waals surface area (Å²) in [4.78, 5) is 4.34. The Bertz CT molecular complexity index is 511. The summed E-state index contributed by atoms with van der Waals surface area (Å²) in [6, 6.07) is 3.46. The van der Waals surface area contributed by atoms with Gasteiger partial charge in [-0.2, -0.15) is 13.2 Å². The van der Waals surface area contributed by atoms with E-state index in [1.165, 1.54) is 6.07 Å². The summed E-state index contributed by atoms with van der Waals surface area (Å²) in [5.74, 6) is 0.568. The molecular formula is C13H13BrF3NO. The number of rotatable bonds is 2. The summed E-state index contributed by atoms with van der Waals surface area (Å²) in [7, 11) is 0. The third-order valence-electron chi connectivity index (χ3n) is 2.97. The molecule has 1 heterocycles. The summed E-state index contributed by atoms with van der Waals surface area (Å²) in [6.07, 6.45) is -4.37. The Balaban J connectivity index is 2.38. The fraction of sp³-hybridized carbons (Fsp3) is 0.462. The van der Waals surface area contributed by atoms with E-state index < -0.39 is 11.7 Å². The molecule has 0 saturated heterocycles. The van der Waals surface area contributed by atoms with Crippen LogP contribution in [0.4, 0.5) is 13.2 Å². The van der Waals surface area contributed by atoms with E-state index in [1.807, 2.05) is 13.8 Å². The van der Waals surface area contributed by atoms with Gasteiger partial charge in [-0.3, -0.25) is 0 Å². The molecule has 2 rings (SSSR count). The van der Waals surface area contributed by atoms with Crippen molar-refractivity contribution in [3.05, 3.63) is 33.8 Å². The maximum absolute atomic E-state index is 12.7. The third-order valence-corrected chi connectivity index (χ3v) is 3.66. The lowest BCUT2D eigenvalue weighted by atomic mass is 10.1. The number of halogens is 4. The molecule has 0 radical (unpaired) electrons. The van der Waals surface area contributed by atoms with Crippen molar-refractivity contribution in [3.8, 4) is 0 Å². The van der Waals surface area contributed by atoms with Gasteiger partial charge in [0.15, 0.2) is 0 Å². The molecule has 0 bridgehead atoms. The van der Waals surface area contributed by atoms with Crippen LogP contribution in [-0.4, -0.2) is 18.5 Å². The largest absolute Gasteiger partial charge is 0.475 e. The third kappa shape index (κ3) is 3.11. The summed E-state index contributed by atoms with van der Waals surface area (Å²) in [5, 5.41) is 0. The normalized spacial score (nSPS) is 19.5. The van der Waals surface area contributed by atoms with E-state index in [-0.39, 0.29) is 11.9 Å². The Kier molecular flexibility index (Phi) is 3.90. The van der Waals surface area contributed by atoms with Gasteiger partial charge < -0.3 is 4.74 Å². The summed E-state index contributed by atoms with van der Waals surface area (Å²) >= 11 is 3.24. The van der Waals surface area contributed by atoms with Crippen molar-refractivity contribution in [2.24, 2.45) is 10.9 Å². The monoisotopic (exact) mass is 335 g/mol. The van der Waals surface area contributed by atoms with Crippen molar-refractivity contribution in [3.63, 3.8) is 0 Å². The Hall–Kier alpha value is -1.04. The van der Waals surface area contributed by atoms with Crippen LogP contribution in [0.25, 0.3) is 0 Å². The molecule has 0 spiro atoms. The molecule has 0 amide bonds. The second-order valence-electron chi connectivity index (χ2n) is 4.75. The van der Waals surface area contributed by atoms with Crippen molar-refractivity contribution >= 4 is 21.8 Å². The zero-order valence-corrected chi connectivity index (χ0v) is 12.0. The highest BCUT2D eigenvalue weighted by Gasteiger charge is 2.32. The van der Waals surface area contributed by atoms with E-state index in [1.54, 1.807) is 0 Å². The first kappa shape index (κ1) is 14.4. The van der Waals surface area contributed by atoms with Crippen LogP contribution in [0.2, 0.25) is 0 Å². The van der Waals surface area contributed by atoms with Gasteiger partial charge in [-0.05, 0) is 40.0 Å². The van der Waals surface area contributed by atoms with Crippen LogP contribution in [0.3, 0.4) is 0 Å². The SMILES string of the molecule is CC(C)[C@@H]1COC(c2cc(C(F)(F)F)ccc2Br)=N1. The first-order valence-electron chi connectivity index (χ1n) is 5.86. The minimum atomic E-state index is -4.37. The number of alkyl halides is 3. The van der Waals surface area contributed by atoms with Crippen molar-refractivity contribution in [1.29, 1.82) is 0 Å². The van der Waals surface area contributed by atoms with Gasteiger partial charge in [0.1, 0.15) is 6.61 Å². The van der Waals surface area contributed by atoms with Crippen molar-refractivity contribution in [2.75, 3.05) is 6.61 Å². The molecule has 0 unspecified atom stereocenters. The number of benzene rings is 1. The minimum absolute atomic E-state index is 0.00329. The van der Waals surface area contributed by atoms with Crippen molar-refractivity contribution in [1.82, 2.24) is 0 Å². The first-order valence-corrected chi connectivity index (χ1v) is 6.66. The lowest BCUT2D eigenvalue weighted by molar-refractivity contribution is -0.137. The van der Waals surface area contributed by atoms with Crippen LogP contribution in [0.5, 0.6) is 0 Å². The minimum Gasteiger partial charge on any atom is -0.475 e. The number of hydrogen-bond acceptors (Lipinski definition) is 2. The highest BCUT2D eigenvalue weighted by molar-refractivity contribution is 9.10. The van der Waals surface area contributed by atoms with Crippen LogP contribution in [0.1, 0.15) is 25.0 Å². The average Bonchev–Trinajstić information content (AvgIpc) is 2.77. The molecular weight excluding hydrogens is 323 g/mol. The molecule has 6 heteroatoms. The fourth-order valence-electron chi connectivity index (χ4n) is 1.74. The van der Waals surface area contributed by atoms with E-state index in [0.717, 1.165) is 12.1 Å². The standard InChI is InChI=1S/C13H13BrF3NO/c1-7(2)11-6-19-12(18-11)9-5-8(13(15,16)17)3-4-10(9)14/h3-5,7,11H,6H2,1-2H3/t11-/m0/s1. The van der Waals surface area contributed by atoms with Crippen LogP contribution in [0.15, 0.2) is 27.7 Å². The number of hydrogen-bond donors (Lipinski definition) is 0. The van der Waals surface area contributed by atoms with Gasteiger partial charge in [-0.15, -0.1) is 0 Å². The second kappa shape index (κ2) is 5.15. The Morgan fingerprint density at radius 1 is 1.37 bits per heavy atom. The van der Waals surface area contributed by atoms with E-state index in [2.05, 4.69) is 20.9 Å². The van der Waals surface area contributed by atoms with Crippen LogP contribution in [-0.2, 0) is 10.9 Å². The van der Waals surface area contributed by atoms with Gasteiger partial charge in [0, 0.05) is 4.47 Å². The summed E-state index contributed by atoms with van der Waals surface area (Å²) in [6.45, 7) is 4.42. The highest BCUT2D eigenvalue weighted by atomic mass is 79.9. The maximum Gasteiger partial charge on any atom is 0.416 e. The predicted molar refractivity (Wildman–Crippen MR) is 70.3 cm³/mol. The second-order valence-corrected chi connectivity index (χ2v) is 5.60. The molecule has 0 aromatic heterocycles. The Labute approximate surface area is 117 Å². The summed E-state index contributed by atoms with van der Waals surface area (Å²) < 4.78 is 44.0. The number of aliphatic imine (C=N–C) groups is 1. The zero-order valence-electron chi connectivity index (χ0n) is 10.5. The number of nitrogens with zero attached hydrogens (tertiary/aromatic N) is 1. The molecule has 0 fully saturated rings. The van der Waals surface area contributed by atoms with Crippen LogP contribution < -0.4 is 0 Å². The summed E-state index contributed by atoms with van der Waals surface area (Å²) in [5.41, 5.74) is -0.358. The molecule has 2 nitrogen and oxygen atoms in total. The van der Waals surface area contributed by atoms with Crippen molar-refractivity contribution < 1.29 is 17.9 Å². The molecule has 1 aromatic rings. The maximum atomic E-state index is 12.7. The molecule has 1 aliphatic heterocycles. The Morgan fingerprint density at radius 3 is 2.58 bits per heavy atom. The molecule has 1 atom stereocenters. The lowest BCUT2D eigenvalue weighted by Crippen LogP contribution is -2.13. The van der Waals surface area contributed by atoms with E-state index in [0.29, 0.717) is 22.6 Å². The van der Waals surface area contributed by atoms with E-state index in [4.69, 9.17) is 4.74 Å². The van der Waals surface area contributed by atoms with Crippen LogP contribution >= 0.6 is 15.9 Å². The molecule has 0 saturated carbocycles. The molecule has 104 valence electrons. The van der Waals surface area contributed by atoms with Gasteiger partial charge in [0.2, 0.25) is 5.90 Å². The average molecular weight is 336 g/mol. The van der Waals surface area contributed by atoms with Crippen molar-refractivity contribution in [2.45, 2.75) is 26.1 Å².